The molecule has 0 aromatic heterocycles. The quantitative estimate of drug-likeness (QED) is 0.470. The molecule has 21 heavy (non-hydrogen) atoms. The molecule has 6 nitrogen and oxygen atoms in total. The van der Waals surface area contributed by atoms with Crippen LogP contribution in [0.15, 0.2) is 23.1 Å². The number of hydrogen-bond acceptors (Lipinski definition) is 4. The summed E-state index contributed by atoms with van der Waals surface area (Å²) in [7, 11) is -3.93. The van der Waals surface area contributed by atoms with Gasteiger partial charge in [0.25, 0.3) is 0 Å². The van der Waals surface area contributed by atoms with E-state index in [1.54, 1.807) is 0 Å². The summed E-state index contributed by atoms with van der Waals surface area (Å²) in [6, 6.07) is 3.57. The predicted molar refractivity (Wildman–Crippen MR) is 80.5 cm³/mol. The molecule has 116 valence electrons. The Morgan fingerprint density at radius 3 is 2.52 bits per heavy atom. The molecule has 0 unspecified atom stereocenters. The summed E-state index contributed by atoms with van der Waals surface area (Å²) < 4.78 is 40.2. The van der Waals surface area contributed by atoms with Crippen LogP contribution in [0, 0.1) is 5.82 Å². The molecule has 1 rings (SSSR count). The summed E-state index contributed by atoms with van der Waals surface area (Å²) in [4.78, 5) is 9.92. The Morgan fingerprint density at radius 1 is 1.29 bits per heavy atom. The second kappa shape index (κ2) is 7.43. The largest absolute Gasteiger partial charge is 0.389 e. The number of nitrogens with two attached hydrogens (primary N) is 2. The smallest absolute Gasteiger partial charge is 0.241 e. The normalized spacial score (nSPS) is 11.3. The van der Waals surface area contributed by atoms with Crippen LogP contribution < -0.4 is 16.2 Å². The average Bonchev–Trinajstić information content (AvgIpc) is 2.37. The van der Waals surface area contributed by atoms with Crippen molar-refractivity contribution in [1.29, 1.82) is 0 Å². The van der Waals surface area contributed by atoms with E-state index >= 15 is 0 Å². The van der Waals surface area contributed by atoms with Gasteiger partial charge in [0.05, 0.1) is 10.5 Å². The van der Waals surface area contributed by atoms with Gasteiger partial charge >= 0.3 is 0 Å². The molecule has 1 amide bonds. The van der Waals surface area contributed by atoms with E-state index in [0.29, 0.717) is 12.8 Å². The van der Waals surface area contributed by atoms with Crippen LogP contribution in [-0.2, 0) is 14.8 Å². The first-order valence-corrected chi connectivity index (χ1v) is 8.01. The molecule has 0 aliphatic heterocycles. The highest BCUT2D eigenvalue weighted by molar-refractivity contribution is 7.89. The van der Waals surface area contributed by atoms with E-state index < -0.39 is 21.7 Å². The Labute approximate surface area is 127 Å². The van der Waals surface area contributed by atoms with Gasteiger partial charge in [0.2, 0.25) is 15.9 Å². The van der Waals surface area contributed by atoms with Gasteiger partial charge in [0.15, 0.2) is 0 Å². The van der Waals surface area contributed by atoms with Crippen molar-refractivity contribution in [3.63, 3.8) is 0 Å². The standard InChI is InChI=1S/C12H16FN3O3S2/c13-8-4-3-5-9(11(8)12(15)20)21(18,19)16-7-2-1-6-10(14)17/h3-5,16H,1-2,6-7H2,(H2,14,17)(H2,15,20). The van der Waals surface area contributed by atoms with Gasteiger partial charge in [0.1, 0.15) is 10.8 Å². The summed E-state index contributed by atoms with van der Waals surface area (Å²) in [6.45, 7) is 0.100. The lowest BCUT2D eigenvalue weighted by Crippen LogP contribution is -2.28. The Kier molecular flexibility index (Phi) is 6.19. The molecule has 0 spiro atoms. The number of unbranched alkanes of at least 4 members (excludes halogenated alkanes) is 1. The summed E-state index contributed by atoms with van der Waals surface area (Å²) >= 11 is 4.68. The average molecular weight is 333 g/mol. The molecule has 0 heterocycles. The first-order valence-electron chi connectivity index (χ1n) is 6.12. The highest BCUT2D eigenvalue weighted by Gasteiger charge is 2.22. The molecule has 1 aromatic carbocycles. The number of rotatable bonds is 8. The predicted octanol–water partition coefficient (Wildman–Crippen LogP) is 0.394. The first kappa shape index (κ1) is 17.5. The molecule has 5 N–H and O–H groups in total. The maximum Gasteiger partial charge on any atom is 0.241 e. The van der Waals surface area contributed by atoms with Crippen LogP contribution in [0.25, 0.3) is 0 Å². The van der Waals surface area contributed by atoms with Gasteiger partial charge in [0, 0.05) is 13.0 Å². The molecule has 0 saturated heterocycles. The van der Waals surface area contributed by atoms with E-state index in [4.69, 9.17) is 11.5 Å². The number of amides is 1. The van der Waals surface area contributed by atoms with Crippen LogP contribution in [0.2, 0.25) is 0 Å². The minimum atomic E-state index is -3.93. The van der Waals surface area contributed by atoms with Crippen molar-refractivity contribution in [3.05, 3.63) is 29.6 Å². The molecule has 1 aromatic rings. The minimum absolute atomic E-state index is 0.100. The zero-order chi connectivity index (χ0) is 16.0. The number of benzene rings is 1. The van der Waals surface area contributed by atoms with Crippen LogP contribution in [0.5, 0.6) is 0 Å². The van der Waals surface area contributed by atoms with Gasteiger partial charge in [-0.15, -0.1) is 0 Å². The maximum absolute atomic E-state index is 13.7. The van der Waals surface area contributed by atoms with Gasteiger partial charge in [-0.05, 0) is 25.0 Å². The number of thiocarbonyl (C=S) groups is 1. The number of carbonyl (C=O) groups excluding carboxylic acids is 1. The van der Waals surface area contributed by atoms with Crippen molar-refractivity contribution in [3.8, 4) is 0 Å². The molecular formula is C12H16FN3O3S2. The zero-order valence-electron chi connectivity index (χ0n) is 11.1. The van der Waals surface area contributed by atoms with Crippen LogP contribution in [0.3, 0.4) is 0 Å². The van der Waals surface area contributed by atoms with Crippen molar-refractivity contribution in [1.82, 2.24) is 4.72 Å². The Hall–Kier alpha value is -1.58. The zero-order valence-corrected chi connectivity index (χ0v) is 12.8. The summed E-state index contributed by atoms with van der Waals surface area (Å²) in [5.74, 6) is -1.24. The Bertz CT molecular complexity index is 647. The van der Waals surface area contributed by atoms with E-state index in [2.05, 4.69) is 16.9 Å². The summed E-state index contributed by atoms with van der Waals surface area (Å²) in [5.41, 5.74) is 10.0. The van der Waals surface area contributed by atoms with E-state index in [9.17, 15) is 17.6 Å². The van der Waals surface area contributed by atoms with Crippen molar-refractivity contribution in [2.24, 2.45) is 11.5 Å². The molecule has 0 aliphatic rings. The highest BCUT2D eigenvalue weighted by Crippen LogP contribution is 2.18. The summed E-state index contributed by atoms with van der Waals surface area (Å²) in [6.07, 6.45) is 1.07. The van der Waals surface area contributed by atoms with E-state index in [-0.39, 0.29) is 28.4 Å². The van der Waals surface area contributed by atoms with Crippen molar-refractivity contribution < 1.29 is 17.6 Å². The van der Waals surface area contributed by atoms with Crippen molar-refractivity contribution in [2.75, 3.05) is 6.54 Å². The lowest BCUT2D eigenvalue weighted by molar-refractivity contribution is -0.118. The van der Waals surface area contributed by atoms with Crippen LogP contribution in [0.1, 0.15) is 24.8 Å². The van der Waals surface area contributed by atoms with Crippen LogP contribution in [-0.4, -0.2) is 25.9 Å². The summed E-state index contributed by atoms with van der Waals surface area (Å²) in [5, 5.41) is 0. The molecule has 0 radical (unpaired) electrons. The van der Waals surface area contributed by atoms with Gasteiger partial charge in [-0.25, -0.2) is 17.5 Å². The second-order valence-corrected chi connectivity index (χ2v) is 6.47. The molecule has 0 atom stereocenters. The van der Waals surface area contributed by atoms with E-state index in [1.807, 2.05) is 0 Å². The lowest BCUT2D eigenvalue weighted by Gasteiger charge is -2.11. The third-order valence-electron chi connectivity index (χ3n) is 2.65. The highest BCUT2D eigenvalue weighted by atomic mass is 32.2. The molecule has 0 fully saturated rings. The number of carbonyl (C=O) groups is 1. The SMILES string of the molecule is NC(=O)CCCCNS(=O)(=O)c1cccc(F)c1C(N)=S. The fourth-order valence-corrected chi connectivity index (χ4v) is 3.25. The molecule has 0 aliphatic carbocycles. The minimum Gasteiger partial charge on any atom is -0.389 e. The molecule has 0 bridgehead atoms. The molecule has 9 heteroatoms. The number of halogens is 1. The lowest BCUT2D eigenvalue weighted by atomic mass is 10.2. The Balaban J connectivity index is 2.82. The van der Waals surface area contributed by atoms with Crippen molar-refractivity contribution >= 4 is 33.1 Å². The number of sulfonamides is 1. The Morgan fingerprint density at radius 2 is 1.95 bits per heavy atom. The third kappa shape index (κ3) is 5.03. The van der Waals surface area contributed by atoms with E-state index in [0.717, 1.165) is 6.07 Å². The van der Waals surface area contributed by atoms with Gasteiger partial charge in [-0.2, -0.15) is 0 Å². The third-order valence-corrected chi connectivity index (χ3v) is 4.36. The monoisotopic (exact) mass is 333 g/mol. The van der Waals surface area contributed by atoms with Crippen molar-refractivity contribution in [2.45, 2.75) is 24.2 Å². The first-order chi connectivity index (χ1) is 9.75. The van der Waals surface area contributed by atoms with Gasteiger partial charge in [-0.3, -0.25) is 4.79 Å². The molecular weight excluding hydrogens is 317 g/mol. The van der Waals surface area contributed by atoms with Crippen LogP contribution in [0.4, 0.5) is 4.39 Å². The molecule has 0 saturated carbocycles. The maximum atomic E-state index is 13.7. The second-order valence-electron chi connectivity index (χ2n) is 4.30. The number of hydrogen-bond donors (Lipinski definition) is 3. The number of primary amides is 1. The van der Waals surface area contributed by atoms with E-state index in [1.165, 1.54) is 12.1 Å². The van der Waals surface area contributed by atoms with Crippen LogP contribution >= 0.6 is 12.2 Å². The topological polar surface area (TPSA) is 115 Å². The fraction of sp³-hybridized carbons (Fsp3) is 0.333. The van der Waals surface area contributed by atoms with Gasteiger partial charge in [-0.1, -0.05) is 18.3 Å². The van der Waals surface area contributed by atoms with Gasteiger partial charge < -0.3 is 11.5 Å². The number of nitrogens with one attached hydrogen (secondary N) is 1. The fourth-order valence-electron chi connectivity index (χ4n) is 1.68.